The number of esters is 2. The molecule has 0 radical (unpaired) electrons. The van der Waals surface area contributed by atoms with Gasteiger partial charge < -0.3 is 14.2 Å². The summed E-state index contributed by atoms with van der Waals surface area (Å²) >= 11 is 0. The minimum absolute atomic E-state index is 0.0910. The van der Waals surface area contributed by atoms with Crippen LogP contribution in [0, 0.1) is 0 Å². The second-order valence-electron chi connectivity index (χ2n) is 17.1. The second kappa shape index (κ2) is 48.0. The minimum atomic E-state index is -0.529. The number of allylic oxidation sites excluding steroid dienone is 2. The molecule has 0 aromatic heterocycles. The van der Waals surface area contributed by atoms with Crippen LogP contribution in [-0.2, 0) is 23.8 Å². The standard InChI is InChI=1S/C51H98O5/c1-4-7-10-13-16-19-22-24-25-26-28-31-34-37-40-43-46-54-47-49(56-51(53)45-42-39-36-33-29-21-18-15-12-9-6-3)48-55-50(52)44-41-38-35-32-30-27-23-20-17-14-11-8-5-2/h15,18,49H,4-14,16-17,19-48H2,1-3H3/b18-15-/t49-/m1/s1. The Hall–Kier alpha value is -1.36. The number of unbranched alkanes of at least 4 members (excludes halogenated alkanes) is 34. The molecule has 0 N–H and O–H groups in total. The highest BCUT2D eigenvalue weighted by Crippen LogP contribution is 2.16. The summed E-state index contributed by atoms with van der Waals surface area (Å²) in [7, 11) is 0. The zero-order valence-electron chi connectivity index (χ0n) is 38.2. The van der Waals surface area contributed by atoms with Crippen molar-refractivity contribution in [2.75, 3.05) is 19.8 Å². The molecule has 0 saturated heterocycles. The van der Waals surface area contributed by atoms with Crippen LogP contribution in [0.1, 0.15) is 278 Å². The number of ether oxygens (including phenoxy) is 3. The lowest BCUT2D eigenvalue weighted by molar-refractivity contribution is -0.163. The molecule has 0 saturated carbocycles. The van der Waals surface area contributed by atoms with E-state index in [0.29, 0.717) is 26.1 Å². The maximum atomic E-state index is 12.7. The van der Waals surface area contributed by atoms with Gasteiger partial charge >= 0.3 is 11.9 Å². The minimum Gasteiger partial charge on any atom is -0.462 e. The topological polar surface area (TPSA) is 61.8 Å². The van der Waals surface area contributed by atoms with E-state index >= 15 is 0 Å². The fraction of sp³-hybridized carbons (Fsp3) is 0.922. The zero-order valence-corrected chi connectivity index (χ0v) is 38.2. The van der Waals surface area contributed by atoms with E-state index in [1.165, 1.54) is 199 Å². The van der Waals surface area contributed by atoms with Crippen LogP contribution in [0.4, 0.5) is 0 Å². The highest BCUT2D eigenvalue weighted by atomic mass is 16.6. The maximum Gasteiger partial charge on any atom is 0.306 e. The van der Waals surface area contributed by atoms with Gasteiger partial charge in [0.05, 0.1) is 6.61 Å². The van der Waals surface area contributed by atoms with E-state index in [1.54, 1.807) is 0 Å². The highest BCUT2D eigenvalue weighted by molar-refractivity contribution is 5.70. The molecule has 0 aliphatic rings. The highest BCUT2D eigenvalue weighted by Gasteiger charge is 2.17. The van der Waals surface area contributed by atoms with Crippen LogP contribution in [0.2, 0.25) is 0 Å². The molecule has 0 amide bonds. The molecule has 0 fully saturated rings. The Kier molecular flexibility index (Phi) is 46.8. The molecule has 0 aromatic carbocycles. The van der Waals surface area contributed by atoms with Gasteiger partial charge in [0.2, 0.25) is 0 Å². The van der Waals surface area contributed by atoms with Gasteiger partial charge in [0.25, 0.3) is 0 Å². The molecule has 332 valence electrons. The van der Waals surface area contributed by atoms with E-state index < -0.39 is 6.10 Å². The van der Waals surface area contributed by atoms with E-state index in [4.69, 9.17) is 14.2 Å². The van der Waals surface area contributed by atoms with Crippen LogP contribution in [0.15, 0.2) is 12.2 Å². The average molecular weight is 791 g/mol. The van der Waals surface area contributed by atoms with Crippen molar-refractivity contribution in [1.82, 2.24) is 0 Å². The Labute approximate surface area is 350 Å². The lowest BCUT2D eigenvalue weighted by Crippen LogP contribution is -2.30. The molecule has 56 heavy (non-hydrogen) atoms. The van der Waals surface area contributed by atoms with E-state index in [2.05, 4.69) is 32.9 Å². The summed E-state index contributed by atoms with van der Waals surface area (Å²) in [6.07, 6.45) is 53.6. The molecule has 0 spiro atoms. The van der Waals surface area contributed by atoms with Crippen molar-refractivity contribution in [3.8, 4) is 0 Å². The number of rotatable bonds is 47. The van der Waals surface area contributed by atoms with Crippen LogP contribution in [0.3, 0.4) is 0 Å². The Morgan fingerprint density at radius 2 is 0.714 bits per heavy atom. The smallest absolute Gasteiger partial charge is 0.306 e. The Balaban J connectivity index is 4.18. The molecule has 5 nitrogen and oxygen atoms in total. The van der Waals surface area contributed by atoms with E-state index in [9.17, 15) is 9.59 Å². The van der Waals surface area contributed by atoms with Gasteiger partial charge in [-0.3, -0.25) is 9.59 Å². The molecule has 0 bridgehead atoms. The summed E-state index contributed by atoms with van der Waals surface area (Å²) in [5, 5.41) is 0. The summed E-state index contributed by atoms with van der Waals surface area (Å²) < 4.78 is 17.4. The summed E-state index contributed by atoms with van der Waals surface area (Å²) in [6, 6.07) is 0. The van der Waals surface area contributed by atoms with Gasteiger partial charge in [0, 0.05) is 19.4 Å². The quantitative estimate of drug-likeness (QED) is 0.0349. The average Bonchev–Trinajstić information content (AvgIpc) is 3.20. The fourth-order valence-corrected chi connectivity index (χ4v) is 7.49. The SMILES string of the molecule is CCCC/C=C\CCCCCCCC(=O)O[C@H](COCCCCCCCCCCCCCCCCCC)COC(=O)CCCCCCCCCCCCCCC. The van der Waals surface area contributed by atoms with Crippen LogP contribution < -0.4 is 0 Å². The molecular weight excluding hydrogens is 693 g/mol. The Morgan fingerprint density at radius 1 is 0.375 bits per heavy atom. The normalized spacial score (nSPS) is 12.1. The van der Waals surface area contributed by atoms with E-state index in [-0.39, 0.29) is 18.5 Å². The van der Waals surface area contributed by atoms with Crippen molar-refractivity contribution in [3.05, 3.63) is 12.2 Å². The molecule has 1 atom stereocenters. The fourth-order valence-electron chi connectivity index (χ4n) is 7.49. The molecule has 0 unspecified atom stereocenters. The Bertz CT molecular complexity index is 810. The third-order valence-electron chi connectivity index (χ3n) is 11.3. The van der Waals surface area contributed by atoms with Crippen molar-refractivity contribution < 1.29 is 23.8 Å². The monoisotopic (exact) mass is 791 g/mol. The van der Waals surface area contributed by atoms with Gasteiger partial charge in [-0.2, -0.15) is 0 Å². The first-order valence-corrected chi connectivity index (χ1v) is 25.2. The van der Waals surface area contributed by atoms with Gasteiger partial charge in [0.15, 0.2) is 6.10 Å². The summed E-state index contributed by atoms with van der Waals surface area (Å²) in [5.41, 5.74) is 0. The third kappa shape index (κ3) is 45.3. The van der Waals surface area contributed by atoms with Crippen molar-refractivity contribution in [3.63, 3.8) is 0 Å². The second-order valence-corrected chi connectivity index (χ2v) is 17.1. The summed E-state index contributed by atoms with van der Waals surface area (Å²) in [5.74, 6) is -0.389. The summed E-state index contributed by atoms with van der Waals surface area (Å²) in [4.78, 5) is 25.3. The van der Waals surface area contributed by atoms with Gasteiger partial charge in [-0.15, -0.1) is 0 Å². The van der Waals surface area contributed by atoms with E-state index in [1.807, 2.05) is 0 Å². The third-order valence-corrected chi connectivity index (χ3v) is 11.3. The molecule has 0 aliphatic carbocycles. The molecule has 0 rings (SSSR count). The number of carbonyl (C=O) groups excluding carboxylic acids is 2. The first-order valence-electron chi connectivity index (χ1n) is 25.2. The molecule has 0 aromatic rings. The largest absolute Gasteiger partial charge is 0.462 e. The number of carbonyl (C=O) groups is 2. The molecular formula is C51H98O5. The van der Waals surface area contributed by atoms with Gasteiger partial charge in [-0.25, -0.2) is 0 Å². The van der Waals surface area contributed by atoms with Crippen LogP contribution >= 0.6 is 0 Å². The van der Waals surface area contributed by atoms with Gasteiger partial charge in [-0.05, 0) is 38.5 Å². The van der Waals surface area contributed by atoms with E-state index in [0.717, 1.165) is 44.9 Å². The number of hydrogen-bond acceptors (Lipinski definition) is 5. The molecule has 0 heterocycles. The first-order chi connectivity index (χ1) is 27.6. The van der Waals surface area contributed by atoms with Gasteiger partial charge in [-0.1, -0.05) is 238 Å². The maximum absolute atomic E-state index is 12.7. The summed E-state index contributed by atoms with van der Waals surface area (Å²) in [6.45, 7) is 7.84. The van der Waals surface area contributed by atoms with Crippen molar-refractivity contribution >= 4 is 11.9 Å². The van der Waals surface area contributed by atoms with Crippen LogP contribution in [0.5, 0.6) is 0 Å². The van der Waals surface area contributed by atoms with Crippen LogP contribution in [-0.4, -0.2) is 37.9 Å². The predicted octanol–water partition coefficient (Wildman–Crippen LogP) is 16.7. The zero-order chi connectivity index (χ0) is 40.7. The lowest BCUT2D eigenvalue weighted by Gasteiger charge is -2.18. The first kappa shape index (κ1) is 54.6. The van der Waals surface area contributed by atoms with Crippen molar-refractivity contribution in [2.24, 2.45) is 0 Å². The molecule has 0 aliphatic heterocycles. The number of hydrogen-bond donors (Lipinski definition) is 0. The van der Waals surface area contributed by atoms with Crippen molar-refractivity contribution in [1.29, 1.82) is 0 Å². The lowest BCUT2D eigenvalue weighted by atomic mass is 10.0. The molecule has 5 heteroatoms. The van der Waals surface area contributed by atoms with Gasteiger partial charge in [0.1, 0.15) is 6.61 Å². The van der Waals surface area contributed by atoms with Crippen LogP contribution in [0.25, 0.3) is 0 Å². The van der Waals surface area contributed by atoms with Crippen molar-refractivity contribution in [2.45, 2.75) is 284 Å². The Morgan fingerprint density at radius 3 is 1.14 bits per heavy atom. The predicted molar refractivity (Wildman–Crippen MR) is 242 cm³/mol.